The van der Waals surface area contributed by atoms with Gasteiger partial charge >= 0.3 is 0 Å². The number of para-hydroxylation sites is 2. The Bertz CT molecular complexity index is 2270. The molecule has 9 rings (SSSR count). The molecular weight excluding hydrogens is 470 g/mol. The van der Waals surface area contributed by atoms with E-state index in [9.17, 15) is 0 Å². The smallest absolute Gasteiger partial charge is 0.0553 e. The van der Waals surface area contributed by atoms with Gasteiger partial charge in [-0.25, -0.2) is 0 Å². The van der Waals surface area contributed by atoms with Crippen LogP contribution in [0.15, 0.2) is 140 Å². The van der Waals surface area contributed by atoms with Crippen molar-refractivity contribution in [2.24, 2.45) is 0 Å². The van der Waals surface area contributed by atoms with E-state index in [0.717, 1.165) is 0 Å². The van der Waals surface area contributed by atoms with Crippen LogP contribution in [0.25, 0.3) is 82.4 Å². The van der Waals surface area contributed by atoms with Gasteiger partial charge in [-0.1, -0.05) is 103 Å². The van der Waals surface area contributed by atoms with Crippen LogP contribution in [0.1, 0.15) is 0 Å². The SMILES string of the molecule is c1ccc(-n2c3ccccc3c3c(-c4cc5c6c(cccc6c4)-c4ccccc4-5)c4ccccc4cc32)cc1. The van der Waals surface area contributed by atoms with Crippen molar-refractivity contribution in [1.82, 2.24) is 4.57 Å². The van der Waals surface area contributed by atoms with Gasteiger partial charge in [0.2, 0.25) is 0 Å². The highest BCUT2D eigenvalue weighted by Crippen LogP contribution is 2.50. The summed E-state index contributed by atoms with van der Waals surface area (Å²) in [4.78, 5) is 0. The Balaban J connectivity index is 1.49. The first kappa shape index (κ1) is 20.9. The maximum absolute atomic E-state index is 2.44. The number of fused-ring (bicyclic) bond motifs is 7. The molecule has 0 N–H and O–H groups in total. The summed E-state index contributed by atoms with van der Waals surface area (Å²) >= 11 is 0. The molecule has 39 heavy (non-hydrogen) atoms. The molecule has 1 heterocycles. The molecule has 0 aliphatic heterocycles. The number of hydrogen-bond donors (Lipinski definition) is 0. The van der Waals surface area contributed by atoms with E-state index < -0.39 is 0 Å². The number of benzene rings is 7. The van der Waals surface area contributed by atoms with Crippen molar-refractivity contribution in [2.45, 2.75) is 0 Å². The first-order valence-electron chi connectivity index (χ1n) is 13.5. The van der Waals surface area contributed by atoms with Gasteiger partial charge in [-0.3, -0.25) is 0 Å². The average Bonchev–Trinajstić information content (AvgIpc) is 3.50. The van der Waals surface area contributed by atoms with E-state index in [1.807, 2.05) is 0 Å². The zero-order chi connectivity index (χ0) is 25.5. The average molecular weight is 494 g/mol. The monoisotopic (exact) mass is 493 g/mol. The first-order valence-corrected chi connectivity index (χ1v) is 13.5. The van der Waals surface area contributed by atoms with Crippen LogP contribution in [0, 0.1) is 0 Å². The van der Waals surface area contributed by atoms with Crippen molar-refractivity contribution >= 4 is 43.4 Å². The van der Waals surface area contributed by atoms with Gasteiger partial charge in [0.1, 0.15) is 0 Å². The third-order valence-corrected chi connectivity index (χ3v) is 8.47. The maximum atomic E-state index is 2.44. The third-order valence-electron chi connectivity index (χ3n) is 8.47. The minimum Gasteiger partial charge on any atom is -0.309 e. The number of hydrogen-bond acceptors (Lipinski definition) is 0. The summed E-state index contributed by atoms with van der Waals surface area (Å²) < 4.78 is 2.42. The second-order valence-corrected chi connectivity index (χ2v) is 10.5. The number of rotatable bonds is 2. The number of aromatic nitrogens is 1. The molecule has 1 aliphatic rings. The van der Waals surface area contributed by atoms with Gasteiger partial charge in [-0.2, -0.15) is 0 Å². The summed E-state index contributed by atoms with van der Waals surface area (Å²) in [5, 5.41) is 7.79. The highest BCUT2D eigenvalue weighted by atomic mass is 15.0. The van der Waals surface area contributed by atoms with E-state index in [4.69, 9.17) is 0 Å². The molecule has 0 fully saturated rings. The summed E-state index contributed by atoms with van der Waals surface area (Å²) in [5.74, 6) is 0. The Morgan fingerprint density at radius 3 is 1.92 bits per heavy atom. The summed E-state index contributed by atoms with van der Waals surface area (Å²) in [7, 11) is 0. The van der Waals surface area contributed by atoms with Crippen LogP contribution in [0.2, 0.25) is 0 Å². The molecule has 0 amide bonds. The molecular formula is C38H23N. The van der Waals surface area contributed by atoms with Crippen molar-refractivity contribution in [3.63, 3.8) is 0 Å². The lowest BCUT2D eigenvalue weighted by Gasteiger charge is -2.14. The van der Waals surface area contributed by atoms with Gasteiger partial charge in [0.15, 0.2) is 0 Å². The van der Waals surface area contributed by atoms with Crippen molar-refractivity contribution < 1.29 is 0 Å². The summed E-state index contributed by atoms with van der Waals surface area (Å²) in [6.07, 6.45) is 0. The predicted octanol–water partition coefficient (Wildman–Crippen LogP) is 10.4. The lowest BCUT2D eigenvalue weighted by Crippen LogP contribution is -1.93. The highest BCUT2D eigenvalue weighted by Gasteiger charge is 2.24. The van der Waals surface area contributed by atoms with Crippen LogP contribution in [0.4, 0.5) is 0 Å². The molecule has 7 aromatic carbocycles. The van der Waals surface area contributed by atoms with Crippen LogP contribution >= 0.6 is 0 Å². The lowest BCUT2D eigenvalue weighted by atomic mass is 9.90. The molecule has 0 spiro atoms. The topological polar surface area (TPSA) is 4.93 Å². The molecule has 1 nitrogen and oxygen atoms in total. The van der Waals surface area contributed by atoms with Crippen molar-refractivity contribution in [1.29, 1.82) is 0 Å². The van der Waals surface area contributed by atoms with Crippen LogP contribution in [0.3, 0.4) is 0 Å². The zero-order valence-corrected chi connectivity index (χ0v) is 21.2. The van der Waals surface area contributed by atoms with Crippen molar-refractivity contribution in [2.75, 3.05) is 0 Å². The molecule has 8 aromatic rings. The predicted molar refractivity (Wildman–Crippen MR) is 166 cm³/mol. The Kier molecular flexibility index (Phi) is 4.11. The van der Waals surface area contributed by atoms with E-state index in [1.165, 1.54) is 82.4 Å². The molecule has 0 saturated carbocycles. The summed E-state index contributed by atoms with van der Waals surface area (Å²) in [6, 6.07) is 51.2. The molecule has 0 saturated heterocycles. The van der Waals surface area contributed by atoms with E-state index in [1.54, 1.807) is 0 Å². The molecule has 1 aromatic heterocycles. The van der Waals surface area contributed by atoms with Gasteiger partial charge in [0.25, 0.3) is 0 Å². The molecule has 1 aliphatic carbocycles. The van der Waals surface area contributed by atoms with E-state index >= 15 is 0 Å². The van der Waals surface area contributed by atoms with Crippen molar-refractivity contribution in [3.8, 4) is 39.1 Å². The van der Waals surface area contributed by atoms with Crippen molar-refractivity contribution in [3.05, 3.63) is 140 Å². The quantitative estimate of drug-likeness (QED) is 0.226. The Morgan fingerprint density at radius 2 is 1.05 bits per heavy atom. The molecule has 0 bridgehead atoms. The van der Waals surface area contributed by atoms with Crippen LogP contribution in [-0.2, 0) is 0 Å². The largest absolute Gasteiger partial charge is 0.309 e. The lowest BCUT2D eigenvalue weighted by molar-refractivity contribution is 1.18. The fourth-order valence-corrected chi connectivity index (χ4v) is 6.91. The second-order valence-electron chi connectivity index (χ2n) is 10.5. The summed E-state index contributed by atoms with van der Waals surface area (Å²) in [5.41, 5.74) is 11.6. The van der Waals surface area contributed by atoms with E-state index in [-0.39, 0.29) is 0 Å². The Morgan fingerprint density at radius 1 is 0.385 bits per heavy atom. The highest BCUT2D eigenvalue weighted by molar-refractivity contribution is 6.24. The second kappa shape index (κ2) is 7.69. The Hall–Kier alpha value is -5.14. The van der Waals surface area contributed by atoms with Gasteiger partial charge in [0.05, 0.1) is 11.0 Å². The van der Waals surface area contributed by atoms with Gasteiger partial charge in [-0.05, 0) is 91.3 Å². The first-order chi connectivity index (χ1) is 19.4. The molecule has 0 atom stereocenters. The minimum absolute atomic E-state index is 1.18. The molecule has 180 valence electrons. The Labute approximate surface area is 226 Å². The number of nitrogens with zero attached hydrogens (tertiary/aromatic N) is 1. The van der Waals surface area contributed by atoms with E-state index in [0.29, 0.717) is 0 Å². The van der Waals surface area contributed by atoms with Crippen LogP contribution in [-0.4, -0.2) is 4.57 Å². The standard InChI is InChI=1S/C38H23N/c1-2-13-27(14-3-1)39-34-20-9-8-18-32(34)38-35(39)23-24-11-4-5-15-28(24)37(38)26-21-25-12-10-19-31-29-16-6-7-17-30(29)33(22-26)36(25)31/h1-23H. The maximum Gasteiger partial charge on any atom is 0.0553 e. The van der Waals surface area contributed by atoms with Gasteiger partial charge in [0, 0.05) is 16.5 Å². The fourth-order valence-electron chi connectivity index (χ4n) is 6.91. The third kappa shape index (κ3) is 2.79. The summed E-state index contributed by atoms with van der Waals surface area (Å²) in [6.45, 7) is 0. The fraction of sp³-hybridized carbons (Fsp3) is 0. The normalized spacial score (nSPS) is 12.1. The molecule has 0 radical (unpaired) electrons. The van der Waals surface area contributed by atoms with Gasteiger partial charge in [-0.15, -0.1) is 0 Å². The molecule has 1 heteroatoms. The minimum atomic E-state index is 1.18. The molecule has 0 unspecified atom stereocenters. The zero-order valence-electron chi connectivity index (χ0n) is 21.2. The van der Waals surface area contributed by atoms with Crippen LogP contribution < -0.4 is 0 Å². The van der Waals surface area contributed by atoms with E-state index in [2.05, 4.69) is 144 Å². The van der Waals surface area contributed by atoms with Crippen LogP contribution in [0.5, 0.6) is 0 Å². The van der Waals surface area contributed by atoms with Gasteiger partial charge < -0.3 is 4.57 Å².